The van der Waals surface area contributed by atoms with Gasteiger partial charge in [0.2, 0.25) is 5.91 Å². The average Bonchev–Trinajstić information content (AvgIpc) is 3.35. The standard InChI is InChI=1S/C26H25N3O/c1-18-10-6-8-14-23(18)28-17-21(16-25(28)30)26-27-22-13-7-9-15-24(22)29(26)19(2)20-11-4-3-5-12-20/h3-15,19,21H,16-17H2,1-2H3/t19-,21-/m0/s1. The van der Waals surface area contributed by atoms with Crippen LogP contribution in [0.3, 0.4) is 0 Å². The Balaban J connectivity index is 1.58. The molecule has 2 atom stereocenters. The van der Waals surface area contributed by atoms with Crippen molar-refractivity contribution in [3.05, 3.63) is 95.8 Å². The van der Waals surface area contributed by atoms with Gasteiger partial charge in [0.05, 0.1) is 17.1 Å². The van der Waals surface area contributed by atoms with Crippen molar-refractivity contribution in [3.8, 4) is 0 Å². The van der Waals surface area contributed by atoms with Crippen LogP contribution in [0.25, 0.3) is 11.0 Å². The van der Waals surface area contributed by atoms with E-state index < -0.39 is 0 Å². The first-order chi connectivity index (χ1) is 14.6. The van der Waals surface area contributed by atoms with E-state index in [9.17, 15) is 4.79 Å². The van der Waals surface area contributed by atoms with Crippen LogP contribution in [0.15, 0.2) is 78.9 Å². The summed E-state index contributed by atoms with van der Waals surface area (Å²) in [7, 11) is 0. The lowest BCUT2D eigenvalue weighted by Gasteiger charge is -2.22. The quantitative estimate of drug-likeness (QED) is 0.459. The zero-order valence-corrected chi connectivity index (χ0v) is 17.3. The number of nitrogens with zero attached hydrogens (tertiary/aromatic N) is 3. The van der Waals surface area contributed by atoms with Gasteiger partial charge in [0.15, 0.2) is 0 Å². The van der Waals surface area contributed by atoms with E-state index in [1.807, 2.05) is 35.2 Å². The summed E-state index contributed by atoms with van der Waals surface area (Å²) in [6.45, 7) is 4.93. The number of anilines is 1. The average molecular weight is 396 g/mol. The molecule has 1 aromatic heterocycles. The molecule has 0 unspecified atom stereocenters. The van der Waals surface area contributed by atoms with Gasteiger partial charge in [-0.3, -0.25) is 4.79 Å². The van der Waals surface area contributed by atoms with Crippen molar-refractivity contribution in [1.29, 1.82) is 0 Å². The number of aromatic nitrogens is 2. The van der Waals surface area contributed by atoms with Gasteiger partial charge in [-0.1, -0.05) is 60.7 Å². The second-order valence-electron chi connectivity index (χ2n) is 8.11. The molecule has 1 fully saturated rings. The van der Waals surface area contributed by atoms with Crippen molar-refractivity contribution in [2.45, 2.75) is 32.2 Å². The van der Waals surface area contributed by atoms with Crippen molar-refractivity contribution in [2.75, 3.05) is 11.4 Å². The maximum atomic E-state index is 13.0. The SMILES string of the molecule is Cc1ccccc1N1C[C@@H](c2nc3ccccc3n2[C@@H](C)c2ccccc2)CC1=O. The number of aryl methyl sites for hydroxylation is 1. The number of para-hydroxylation sites is 3. The van der Waals surface area contributed by atoms with Crippen LogP contribution in [0.2, 0.25) is 0 Å². The van der Waals surface area contributed by atoms with Crippen molar-refractivity contribution in [2.24, 2.45) is 0 Å². The largest absolute Gasteiger partial charge is 0.320 e. The van der Waals surface area contributed by atoms with E-state index in [2.05, 4.69) is 66.9 Å². The second kappa shape index (κ2) is 7.45. The van der Waals surface area contributed by atoms with E-state index in [-0.39, 0.29) is 17.9 Å². The molecule has 5 rings (SSSR count). The summed E-state index contributed by atoms with van der Waals surface area (Å²) in [6, 6.07) is 27.0. The van der Waals surface area contributed by atoms with Gasteiger partial charge >= 0.3 is 0 Å². The summed E-state index contributed by atoms with van der Waals surface area (Å²) in [5.74, 6) is 1.23. The summed E-state index contributed by atoms with van der Waals surface area (Å²) >= 11 is 0. The molecule has 4 aromatic rings. The van der Waals surface area contributed by atoms with E-state index in [1.54, 1.807) is 0 Å². The number of rotatable bonds is 4. The Morgan fingerprint density at radius 1 is 0.933 bits per heavy atom. The van der Waals surface area contributed by atoms with Crippen LogP contribution in [0, 0.1) is 6.92 Å². The van der Waals surface area contributed by atoms with Crippen molar-refractivity contribution >= 4 is 22.6 Å². The molecule has 4 heteroatoms. The fourth-order valence-corrected chi connectivity index (χ4v) is 4.62. The Labute approximate surface area is 176 Å². The van der Waals surface area contributed by atoms with Gasteiger partial charge in [0.25, 0.3) is 0 Å². The van der Waals surface area contributed by atoms with Crippen LogP contribution in [0.4, 0.5) is 5.69 Å². The number of fused-ring (bicyclic) bond motifs is 1. The molecule has 1 aliphatic rings. The number of hydrogen-bond donors (Lipinski definition) is 0. The number of imidazole rings is 1. The Bertz CT molecular complexity index is 1210. The highest BCUT2D eigenvalue weighted by Gasteiger charge is 2.36. The number of benzene rings is 3. The lowest BCUT2D eigenvalue weighted by Crippen LogP contribution is -2.25. The molecule has 1 saturated heterocycles. The van der Waals surface area contributed by atoms with Crippen molar-refractivity contribution < 1.29 is 4.79 Å². The van der Waals surface area contributed by atoms with Gasteiger partial charge in [-0.05, 0) is 43.2 Å². The third-order valence-corrected chi connectivity index (χ3v) is 6.19. The fraction of sp³-hybridized carbons (Fsp3) is 0.231. The topological polar surface area (TPSA) is 38.1 Å². The van der Waals surface area contributed by atoms with Crippen LogP contribution in [0.1, 0.15) is 42.3 Å². The Kier molecular flexibility index (Phi) is 4.62. The molecule has 0 N–H and O–H groups in total. The number of amides is 1. The highest BCUT2D eigenvalue weighted by atomic mass is 16.2. The second-order valence-corrected chi connectivity index (χ2v) is 8.11. The van der Waals surface area contributed by atoms with E-state index in [1.165, 1.54) is 5.56 Å². The molecule has 0 aliphatic carbocycles. The number of hydrogen-bond acceptors (Lipinski definition) is 2. The molecule has 3 aromatic carbocycles. The first kappa shape index (κ1) is 18.6. The molecular weight excluding hydrogens is 370 g/mol. The van der Waals surface area contributed by atoms with E-state index in [4.69, 9.17) is 4.98 Å². The highest BCUT2D eigenvalue weighted by Crippen LogP contribution is 2.36. The minimum Gasteiger partial charge on any atom is -0.320 e. The Morgan fingerprint density at radius 2 is 1.63 bits per heavy atom. The minimum absolute atomic E-state index is 0.0654. The van der Waals surface area contributed by atoms with Gasteiger partial charge in [-0.15, -0.1) is 0 Å². The fourth-order valence-electron chi connectivity index (χ4n) is 4.62. The predicted molar refractivity (Wildman–Crippen MR) is 121 cm³/mol. The molecule has 1 aliphatic heterocycles. The normalized spacial score (nSPS) is 17.6. The first-order valence-electron chi connectivity index (χ1n) is 10.5. The monoisotopic (exact) mass is 395 g/mol. The summed E-state index contributed by atoms with van der Waals surface area (Å²) in [4.78, 5) is 19.9. The number of carbonyl (C=O) groups excluding carboxylic acids is 1. The number of carbonyl (C=O) groups is 1. The predicted octanol–water partition coefficient (Wildman–Crippen LogP) is 5.47. The molecule has 0 radical (unpaired) electrons. The summed E-state index contributed by atoms with van der Waals surface area (Å²) < 4.78 is 2.32. The van der Waals surface area contributed by atoms with E-state index in [0.29, 0.717) is 13.0 Å². The molecule has 2 heterocycles. The lowest BCUT2D eigenvalue weighted by molar-refractivity contribution is -0.117. The van der Waals surface area contributed by atoms with Crippen LogP contribution >= 0.6 is 0 Å². The van der Waals surface area contributed by atoms with Gasteiger partial charge in [0, 0.05) is 24.6 Å². The summed E-state index contributed by atoms with van der Waals surface area (Å²) in [5, 5.41) is 0. The molecular formula is C26H25N3O. The molecule has 30 heavy (non-hydrogen) atoms. The molecule has 0 bridgehead atoms. The molecule has 0 spiro atoms. The van der Waals surface area contributed by atoms with Crippen molar-refractivity contribution in [3.63, 3.8) is 0 Å². The van der Waals surface area contributed by atoms with E-state index in [0.717, 1.165) is 28.1 Å². The molecule has 4 nitrogen and oxygen atoms in total. The summed E-state index contributed by atoms with van der Waals surface area (Å²) in [6.07, 6.45) is 0.485. The highest BCUT2D eigenvalue weighted by molar-refractivity contribution is 5.97. The maximum absolute atomic E-state index is 13.0. The zero-order valence-electron chi connectivity index (χ0n) is 17.3. The van der Waals surface area contributed by atoms with Crippen molar-refractivity contribution in [1.82, 2.24) is 9.55 Å². The lowest BCUT2D eigenvalue weighted by atomic mass is 10.0. The summed E-state index contributed by atoms with van der Waals surface area (Å²) in [5.41, 5.74) is 5.46. The zero-order chi connectivity index (χ0) is 20.7. The van der Waals surface area contributed by atoms with Gasteiger partial charge < -0.3 is 9.47 Å². The molecule has 0 saturated carbocycles. The van der Waals surface area contributed by atoms with Gasteiger partial charge in [0.1, 0.15) is 5.82 Å². The van der Waals surface area contributed by atoms with Crippen LogP contribution in [-0.4, -0.2) is 22.0 Å². The Hall–Kier alpha value is -3.40. The third-order valence-electron chi connectivity index (χ3n) is 6.19. The Morgan fingerprint density at radius 3 is 2.43 bits per heavy atom. The van der Waals surface area contributed by atoms with Crippen LogP contribution < -0.4 is 4.90 Å². The smallest absolute Gasteiger partial charge is 0.227 e. The van der Waals surface area contributed by atoms with E-state index >= 15 is 0 Å². The minimum atomic E-state index is 0.0654. The van der Waals surface area contributed by atoms with Gasteiger partial charge in [-0.2, -0.15) is 0 Å². The van der Waals surface area contributed by atoms with Gasteiger partial charge in [-0.25, -0.2) is 4.98 Å². The third kappa shape index (κ3) is 3.09. The van der Waals surface area contributed by atoms with Crippen LogP contribution in [0.5, 0.6) is 0 Å². The molecule has 1 amide bonds. The maximum Gasteiger partial charge on any atom is 0.227 e. The van der Waals surface area contributed by atoms with Crippen LogP contribution in [-0.2, 0) is 4.79 Å². The first-order valence-corrected chi connectivity index (χ1v) is 10.5. The molecule has 150 valence electrons.